The average Bonchev–Trinajstić information content (AvgIpc) is 2.16. The maximum Gasteiger partial charge on any atom is 0.226 e. The maximum absolute atomic E-state index is 5.01. The number of methoxy groups -OCH3 is 1. The smallest absolute Gasteiger partial charge is 0.226 e. The zero-order chi connectivity index (χ0) is 10.0. The van der Waals surface area contributed by atoms with Gasteiger partial charge in [0.15, 0.2) is 0 Å². The number of ether oxygens (including phenoxy) is 1. The number of nitrogens with zero attached hydrogens (tertiary/aromatic N) is 2. The maximum atomic E-state index is 5.01. The van der Waals surface area contributed by atoms with Crippen LogP contribution < -0.4 is 15.4 Å². The summed E-state index contributed by atoms with van der Waals surface area (Å²) in [5.74, 6) is 1.20. The quantitative estimate of drug-likeness (QED) is 0.722. The van der Waals surface area contributed by atoms with Gasteiger partial charge >= 0.3 is 0 Å². The first-order valence-corrected chi connectivity index (χ1v) is 4.58. The van der Waals surface area contributed by atoms with Gasteiger partial charge in [0.05, 0.1) is 12.6 Å². The van der Waals surface area contributed by atoms with Crippen molar-refractivity contribution in [3.8, 4) is 5.88 Å². The van der Waals surface area contributed by atoms with E-state index in [1.54, 1.807) is 19.4 Å². The van der Waals surface area contributed by atoms with E-state index in [1.165, 1.54) is 0 Å². The zero-order valence-corrected chi connectivity index (χ0v) is 8.37. The molecule has 0 spiro atoms. The predicted octanol–water partition coefficient (Wildman–Crippen LogP) is 0.259. The van der Waals surface area contributed by atoms with Gasteiger partial charge in [-0.25, -0.2) is 4.98 Å². The molecule has 2 heterocycles. The summed E-state index contributed by atoms with van der Waals surface area (Å²) in [7, 11) is 1.60. The molecule has 0 saturated carbocycles. The lowest BCUT2D eigenvalue weighted by Gasteiger charge is -2.39. The first-order valence-electron chi connectivity index (χ1n) is 4.58. The highest BCUT2D eigenvalue weighted by Gasteiger charge is 2.31. The molecule has 5 nitrogen and oxygen atoms in total. The number of anilines is 1. The van der Waals surface area contributed by atoms with Gasteiger partial charge in [0.1, 0.15) is 0 Å². The second-order valence-electron chi connectivity index (χ2n) is 3.71. The van der Waals surface area contributed by atoms with Crippen molar-refractivity contribution in [2.45, 2.75) is 12.5 Å². The molecule has 2 N–H and O–H groups in total. The molecule has 14 heavy (non-hydrogen) atoms. The molecule has 0 radical (unpaired) electrons. The summed E-state index contributed by atoms with van der Waals surface area (Å²) < 4.78 is 5.01. The average molecular weight is 194 g/mol. The Bertz CT molecular complexity index is 324. The molecule has 0 aliphatic carbocycles. The Hall–Kier alpha value is -1.36. The van der Waals surface area contributed by atoms with Gasteiger partial charge in [-0.2, -0.15) is 4.98 Å². The third-order valence-corrected chi connectivity index (χ3v) is 2.28. The second kappa shape index (κ2) is 3.42. The van der Waals surface area contributed by atoms with Crippen molar-refractivity contribution in [1.29, 1.82) is 0 Å². The molecular weight excluding hydrogens is 180 g/mol. The van der Waals surface area contributed by atoms with Crippen LogP contribution in [0.15, 0.2) is 12.3 Å². The minimum atomic E-state index is 0.0758. The summed E-state index contributed by atoms with van der Waals surface area (Å²) in [6, 6.07) is 1.73. The minimum Gasteiger partial charge on any atom is -0.481 e. The molecule has 1 saturated heterocycles. The topological polar surface area (TPSA) is 59.1 Å². The van der Waals surface area contributed by atoms with E-state index in [2.05, 4.69) is 27.5 Å². The lowest BCUT2D eigenvalue weighted by molar-refractivity contribution is 0.335. The van der Waals surface area contributed by atoms with Crippen molar-refractivity contribution in [3.05, 3.63) is 12.3 Å². The summed E-state index contributed by atoms with van der Waals surface area (Å²) in [5.41, 5.74) is 0.0758. The summed E-state index contributed by atoms with van der Waals surface area (Å²) in [5, 5.41) is 6.47. The highest BCUT2D eigenvalue weighted by Crippen LogP contribution is 2.16. The number of aromatic nitrogens is 2. The van der Waals surface area contributed by atoms with Crippen LogP contribution in [0.3, 0.4) is 0 Å². The molecule has 1 fully saturated rings. The van der Waals surface area contributed by atoms with Gasteiger partial charge in [-0.3, -0.25) is 0 Å². The molecule has 2 rings (SSSR count). The van der Waals surface area contributed by atoms with E-state index >= 15 is 0 Å². The Morgan fingerprint density at radius 2 is 2.36 bits per heavy atom. The van der Waals surface area contributed by atoms with Crippen LogP contribution >= 0.6 is 0 Å². The van der Waals surface area contributed by atoms with Crippen molar-refractivity contribution in [2.24, 2.45) is 0 Å². The second-order valence-corrected chi connectivity index (χ2v) is 3.71. The van der Waals surface area contributed by atoms with Crippen molar-refractivity contribution < 1.29 is 4.74 Å². The van der Waals surface area contributed by atoms with Gasteiger partial charge < -0.3 is 15.4 Å². The van der Waals surface area contributed by atoms with Crippen LogP contribution in [0, 0.1) is 0 Å². The molecule has 76 valence electrons. The molecule has 1 aromatic rings. The van der Waals surface area contributed by atoms with Crippen molar-refractivity contribution in [2.75, 3.05) is 25.5 Å². The number of nitrogens with one attached hydrogen (secondary N) is 2. The lowest BCUT2D eigenvalue weighted by atomic mass is 9.96. The van der Waals surface area contributed by atoms with Crippen LogP contribution in [0.2, 0.25) is 0 Å². The molecule has 5 heteroatoms. The van der Waals surface area contributed by atoms with Gasteiger partial charge in [0.2, 0.25) is 11.8 Å². The Morgan fingerprint density at radius 1 is 1.57 bits per heavy atom. The van der Waals surface area contributed by atoms with E-state index in [1.807, 2.05) is 0 Å². The standard InChI is InChI=1S/C9H14N4O/c1-9(5-10-6-9)13-8-11-4-3-7(12-8)14-2/h3-4,10H,5-6H2,1-2H3,(H,11,12,13). The van der Waals surface area contributed by atoms with E-state index in [-0.39, 0.29) is 5.54 Å². The first-order chi connectivity index (χ1) is 6.72. The largest absolute Gasteiger partial charge is 0.481 e. The molecule has 1 aliphatic rings. The minimum absolute atomic E-state index is 0.0758. The molecular formula is C9H14N4O. The Balaban J connectivity index is 2.08. The van der Waals surface area contributed by atoms with Crippen LogP contribution in [0.1, 0.15) is 6.92 Å². The SMILES string of the molecule is COc1ccnc(NC2(C)CNC2)n1. The number of hydrogen-bond acceptors (Lipinski definition) is 5. The normalized spacial score (nSPS) is 18.4. The van der Waals surface area contributed by atoms with Crippen molar-refractivity contribution in [1.82, 2.24) is 15.3 Å². The van der Waals surface area contributed by atoms with Crippen molar-refractivity contribution >= 4 is 5.95 Å². The molecule has 1 aliphatic heterocycles. The highest BCUT2D eigenvalue weighted by molar-refractivity contribution is 5.33. The summed E-state index contributed by atoms with van der Waals surface area (Å²) in [6.07, 6.45) is 1.68. The highest BCUT2D eigenvalue weighted by atomic mass is 16.5. The summed E-state index contributed by atoms with van der Waals surface area (Å²) in [6.45, 7) is 4.01. The van der Waals surface area contributed by atoms with Crippen LogP contribution in [-0.2, 0) is 0 Å². The zero-order valence-electron chi connectivity index (χ0n) is 8.37. The van der Waals surface area contributed by atoms with Gasteiger partial charge in [-0.1, -0.05) is 0 Å². The Kier molecular flexibility index (Phi) is 2.25. The predicted molar refractivity (Wildman–Crippen MR) is 53.5 cm³/mol. The van der Waals surface area contributed by atoms with E-state index in [4.69, 9.17) is 4.74 Å². The number of hydrogen-bond donors (Lipinski definition) is 2. The summed E-state index contributed by atoms with van der Waals surface area (Å²) in [4.78, 5) is 8.31. The summed E-state index contributed by atoms with van der Waals surface area (Å²) >= 11 is 0. The van der Waals surface area contributed by atoms with Crippen LogP contribution in [-0.4, -0.2) is 35.7 Å². The van der Waals surface area contributed by atoms with Gasteiger partial charge in [0.25, 0.3) is 0 Å². The molecule has 0 unspecified atom stereocenters. The third-order valence-electron chi connectivity index (χ3n) is 2.28. The van der Waals surface area contributed by atoms with Gasteiger partial charge in [-0.05, 0) is 6.92 Å². The van der Waals surface area contributed by atoms with Gasteiger partial charge in [-0.15, -0.1) is 0 Å². The lowest BCUT2D eigenvalue weighted by Crippen LogP contribution is -2.62. The molecule has 0 atom stereocenters. The molecule has 0 amide bonds. The van der Waals surface area contributed by atoms with E-state index in [0.717, 1.165) is 13.1 Å². The monoisotopic (exact) mass is 194 g/mol. The fourth-order valence-electron chi connectivity index (χ4n) is 1.37. The van der Waals surface area contributed by atoms with E-state index in [0.29, 0.717) is 11.8 Å². The Morgan fingerprint density at radius 3 is 2.93 bits per heavy atom. The van der Waals surface area contributed by atoms with Gasteiger partial charge in [0, 0.05) is 25.4 Å². The molecule has 0 bridgehead atoms. The third kappa shape index (κ3) is 1.77. The fourth-order valence-corrected chi connectivity index (χ4v) is 1.37. The first kappa shape index (κ1) is 9.21. The van der Waals surface area contributed by atoms with Crippen LogP contribution in [0.5, 0.6) is 5.88 Å². The van der Waals surface area contributed by atoms with Crippen molar-refractivity contribution in [3.63, 3.8) is 0 Å². The van der Waals surface area contributed by atoms with E-state index in [9.17, 15) is 0 Å². The Labute approximate surface area is 82.9 Å². The fraction of sp³-hybridized carbons (Fsp3) is 0.556. The number of rotatable bonds is 3. The molecule has 1 aromatic heterocycles. The van der Waals surface area contributed by atoms with E-state index < -0.39 is 0 Å². The van der Waals surface area contributed by atoms with Crippen LogP contribution in [0.4, 0.5) is 5.95 Å². The molecule has 0 aromatic carbocycles. The van der Waals surface area contributed by atoms with Crippen LogP contribution in [0.25, 0.3) is 0 Å².